The molecule has 0 fully saturated rings. The van der Waals surface area contributed by atoms with Gasteiger partial charge in [-0.3, -0.25) is 14.7 Å². The molecule has 1 aliphatic heterocycles. The molecule has 0 bridgehead atoms. The van der Waals surface area contributed by atoms with Crippen LogP contribution in [0.3, 0.4) is 0 Å². The number of carbonyl (C=O) groups is 1. The van der Waals surface area contributed by atoms with Crippen molar-refractivity contribution in [1.29, 1.82) is 0 Å². The second-order valence-corrected chi connectivity index (χ2v) is 6.74. The Kier molecular flexibility index (Phi) is 4.87. The van der Waals surface area contributed by atoms with Gasteiger partial charge in [-0.1, -0.05) is 23.4 Å². The van der Waals surface area contributed by atoms with Crippen molar-refractivity contribution in [3.05, 3.63) is 64.7 Å². The van der Waals surface area contributed by atoms with Gasteiger partial charge in [-0.15, -0.1) is 0 Å². The highest BCUT2D eigenvalue weighted by Crippen LogP contribution is 2.28. The number of halogens is 3. The number of thioether (sulfide) groups is 1. The van der Waals surface area contributed by atoms with E-state index in [2.05, 4.69) is 4.99 Å². The normalized spacial score (nSPS) is 16.8. The van der Waals surface area contributed by atoms with Crippen LogP contribution < -0.4 is 4.90 Å². The van der Waals surface area contributed by atoms with Crippen LogP contribution in [-0.2, 0) is 0 Å². The van der Waals surface area contributed by atoms with E-state index in [1.807, 2.05) is 6.92 Å². The molecule has 0 saturated heterocycles. The van der Waals surface area contributed by atoms with Gasteiger partial charge in [-0.25, -0.2) is 8.78 Å². The number of amidine groups is 1. The van der Waals surface area contributed by atoms with Crippen molar-refractivity contribution in [2.45, 2.75) is 13.0 Å². The first kappa shape index (κ1) is 16.9. The fourth-order valence-corrected chi connectivity index (χ4v) is 3.43. The van der Waals surface area contributed by atoms with Crippen molar-refractivity contribution in [2.24, 2.45) is 4.99 Å². The zero-order valence-corrected chi connectivity index (χ0v) is 14.2. The van der Waals surface area contributed by atoms with Gasteiger partial charge in [-0.05, 0) is 43.3 Å². The van der Waals surface area contributed by atoms with Crippen molar-refractivity contribution < 1.29 is 13.6 Å². The van der Waals surface area contributed by atoms with Crippen molar-refractivity contribution >= 4 is 40.1 Å². The van der Waals surface area contributed by atoms with Gasteiger partial charge in [-0.2, -0.15) is 0 Å². The van der Waals surface area contributed by atoms with E-state index < -0.39 is 17.5 Å². The molecule has 7 heteroatoms. The maximum atomic E-state index is 14.0. The lowest BCUT2D eigenvalue weighted by Gasteiger charge is -2.22. The number of hydrogen-bond donors (Lipinski definition) is 0. The Hall–Kier alpha value is -1.92. The molecule has 1 amide bonds. The molecule has 124 valence electrons. The van der Waals surface area contributed by atoms with Gasteiger partial charge in [0.15, 0.2) is 5.17 Å². The number of benzene rings is 2. The Balaban J connectivity index is 2.05. The van der Waals surface area contributed by atoms with Gasteiger partial charge in [0.05, 0.1) is 17.3 Å². The first-order chi connectivity index (χ1) is 11.5. The zero-order valence-electron chi connectivity index (χ0n) is 12.7. The van der Waals surface area contributed by atoms with Crippen LogP contribution >= 0.6 is 23.4 Å². The van der Waals surface area contributed by atoms with Crippen molar-refractivity contribution in [2.75, 3.05) is 10.7 Å². The van der Waals surface area contributed by atoms with Gasteiger partial charge in [0, 0.05) is 16.8 Å². The van der Waals surface area contributed by atoms with Crippen LogP contribution in [0.1, 0.15) is 17.3 Å². The number of carbonyl (C=O) groups excluding carboxylic acids is 1. The summed E-state index contributed by atoms with van der Waals surface area (Å²) < 4.78 is 27.2. The Morgan fingerprint density at radius 2 is 1.96 bits per heavy atom. The molecule has 3 nitrogen and oxygen atoms in total. The van der Waals surface area contributed by atoms with E-state index in [1.165, 1.54) is 16.7 Å². The Bertz CT molecular complexity index is 811. The highest BCUT2D eigenvalue weighted by molar-refractivity contribution is 8.14. The fraction of sp³-hybridized carbons (Fsp3) is 0.176. The number of amides is 1. The van der Waals surface area contributed by atoms with Crippen LogP contribution in [0.2, 0.25) is 5.02 Å². The highest BCUT2D eigenvalue weighted by atomic mass is 35.5. The number of nitrogens with zero attached hydrogens (tertiary/aromatic N) is 2. The number of anilines is 1. The monoisotopic (exact) mass is 366 g/mol. The van der Waals surface area contributed by atoms with Crippen LogP contribution in [0.4, 0.5) is 14.5 Å². The van der Waals surface area contributed by atoms with E-state index in [0.29, 0.717) is 21.9 Å². The minimum atomic E-state index is -0.907. The van der Waals surface area contributed by atoms with E-state index in [0.717, 1.165) is 17.9 Å². The highest BCUT2D eigenvalue weighted by Gasteiger charge is 2.29. The molecular formula is C17H13ClF2N2OS. The van der Waals surface area contributed by atoms with Gasteiger partial charge >= 0.3 is 0 Å². The maximum Gasteiger partial charge on any atom is 0.267 e. The average molecular weight is 367 g/mol. The predicted octanol–water partition coefficient (Wildman–Crippen LogP) is 4.76. The smallest absolute Gasteiger partial charge is 0.267 e. The summed E-state index contributed by atoms with van der Waals surface area (Å²) in [6.07, 6.45) is 0. The number of aliphatic imine (C=N–C) groups is 1. The second kappa shape index (κ2) is 6.91. The molecule has 0 radical (unpaired) electrons. The van der Waals surface area contributed by atoms with E-state index in [9.17, 15) is 13.6 Å². The third-order valence-electron chi connectivity index (χ3n) is 3.43. The third kappa shape index (κ3) is 3.44. The average Bonchev–Trinajstić information content (AvgIpc) is 2.95. The summed E-state index contributed by atoms with van der Waals surface area (Å²) >= 11 is 7.31. The molecule has 0 aromatic heterocycles. The summed E-state index contributed by atoms with van der Waals surface area (Å²) in [5, 5.41) is 1.01. The van der Waals surface area contributed by atoms with Crippen LogP contribution in [0.25, 0.3) is 0 Å². The molecule has 1 aliphatic rings. The molecule has 0 N–H and O–H groups in total. The standard InChI is InChI=1S/C17H13ClF2N2OS/c1-10-9-24-17(21-10)22(13-5-2-11(18)3-6-13)16(23)14-7-4-12(19)8-15(14)20/h2-8,10H,9H2,1H3/t10-/m1/s1. The minimum Gasteiger partial charge on any atom is -0.268 e. The molecular weight excluding hydrogens is 354 g/mol. The molecule has 0 spiro atoms. The van der Waals surface area contributed by atoms with Crippen LogP contribution in [0.15, 0.2) is 47.5 Å². The Labute approximate surface area is 147 Å². The second-order valence-electron chi connectivity index (χ2n) is 5.31. The van der Waals surface area contributed by atoms with Crippen LogP contribution in [-0.4, -0.2) is 22.9 Å². The first-order valence-electron chi connectivity index (χ1n) is 7.21. The summed E-state index contributed by atoms with van der Waals surface area (Å²) in [7, 11) is 0. The van der Waals surface area contributed by atoms with Gasteiger partial charge in [0.1, 0.15) is 11.6 Å². The van der Waals surface area contributed by atoms with Crippen molar-refractivity contribution in [1.82, 2.24) is 0 Å². The van der Waals surface area contributed by atoms with Gasteiger partial charge in [0.2, 0.25) is 0 Å². The summed E-state index contributed by atoms with van der Waals surface area (Å²) in [6, 6.07) is 9.55. The Morgan fingerprint density at radius 1 is 1.25 bits per heavy atom. The lowest BCUT2D eigenvalue weighted by Crippen LogP contribution is -2.35. The topological polar surface area (TPSA) is 32.7 Å². The lowest BCUT2D eigenvalue weighted by atomic mass is 10.1. The predicted molar refractivity (Wildman–Crippen MR) is 94.0 cm³/mol. The van der Waals surface area contributed by atoms with Crippen molar-refractivity contribution in [3.8, 4) is 0 Å². The Morgan fingerprint density at radius 3 is 2.54 bits per heavy atom. The van der Waals surface area contributed by atoms with Crippen LogP contribution in [0, 0.1) is 11.6 Å². The largest absolute Gasteiger partial charge is 0.268 e. The van der Waals surface area contributed by atoms with E-state index in [4.69, 9.17) is 11.6 Å². The molecule has 0 unspecified atom stereocenters. The third-order valence-corrected chi connectivity index (χ3v) is 4.87. The quantitative estimate of drug-likeness (QED) is 0.767. The van der Waals surface area contributed by atoms with E-state index in [1.54, 1.807) is 24.3 Å². The summed E-state index contributed by atoms with van der Waals surface area (Å²) in [6.45, 7) is 1.93. The van der Waals surface area contributed by atoms with E-state index >= 15 is 0 Å². The molecule has 1 heterocycles. The molecule has 0 saturated carbocycles. The number of rotatable bonds is 2. The van der Waals surface area contributed by atoms with Gasteiger partial charge < -0.3 is 0 Å². The molecule has 3 rings (SSSR count). The summed E-state index contributed by atoms with van der Waals surface area (Å²) in [4.78, 5) is 18.7. The van der Waals surface area contributed by atoms with E-state index in [-0.39, 0.29) is 11.6 Å². The molecule has 24 heavy (non-hydrogen) atoms. The molecule has 1 atom stereocenters. The SMILES string of the molecule is C[C@@H]1CSC(N(C(=O)c2ccc(F)cc2F)c2ccc(Cl)cc2)=N1. The molecule has 2 aromatic carbocycles. The lowest BCUT2D eigenvalue weighted by molar-refractivity contribution is 0.0999. The summed E-state index contributed by atoms with van der Waals surface area (Å²) in [5.74, 6) is -1.51. The van der Waals surface area contributed by atoms with Crippen molar-refractivity contribution in [3.63, 3.8) is 0 Å². The van der Waals surface area contributed by atoms with Gasteiger partial charge in [0.25, 0.3) is 5.91 Å². The van der Waals surface area contributed by atoms with Crippen LogP contribution in [0.5, 0.6) is 0 Å². The fourth-order valence-electron chi connectivity index (χ4n) is 2.27. The molecule has 0 aliphatic carbocycles. The maximum absolute atomic E-state index is 14.0. The first-order valence-corrected chi connectivity index (χ1v) is 8.58. The molecule has 2 aromatic rings. The number of hydrogen-bond acceptors (Lipinski definition) is 3. The summed E-state index contributed by atoms with van der Waals surface area (Å²) in [5.41, 5.74) is 0.308. The minimum absolute atomic E-state index is 0.0608. The zero-order chi connectivity index (χ0) is 17.3.